The first-order valence-electron chi connectivity index (χ1n) is 8.17. The summed E-state index contributed by atoms with van der Waals surface area (Å²) >= 11 is 0. The van der Waals surface area contributed by atoms with Crippen molar-refractivity contribution < 1.29 is 37.5 Å². The summed E-state index contributed by atoms with van der Waals surface area (Å²) in [6.45, 7) is -2.32. The standard InChI is InChI=1S/C18H16F2N2O7/c1-11(17(24)21-14-4-2-3-5-15(14)29-18(19)20)28-16(23)10-27-13-8-6-12(7-9-13)22(25)26/h2-9,11,18H,10H2,1H3,(H,21,24)/t11-/m0/s1. The van der Waals surface area contributed by atoms with Crippen LogP contribution in [0, 0.1) is 10.1 Å². The number of nitrogens with zero attached hydrogens (tertiary/aromatic N) is 1. The van der Waals surface area contributed by atoms with E-state index in [-0.39, 0.29) is 22.9 Å². The summed E-state index contributed by atoms with van der Waals surface area (Å²) in [6, 6.07) is 10.6. The van der Waals surface area contributed by atoms with Crippen molar-refractivity contribution in [1.29, 1.82) is 0 Å². The molecule has 0 spiro atoms. The SMILES string of the molecule is C[C@H](OC(=O)COc1ccc([N+](=O)[O-])cc1)C(=O)Nc1ccccc1OC(F)F. The van der Waals surface area contributed by atoms with Crippen molar-refractivity contribution >= 4 is 23.3 Å². The predicted octanol–water partition coefficient (Wildman–Crippen LogP) is 3.15. The van der Waals surface area contributed by atoms with Crippen LogP contribution in [0.5, 0.6) is 11.5 Å². The fraction of sp³-hybridized carbons (Fsp3) is 0.222. The third-order valence-corrected chi connectivity index (χ3v) is 3.44. The van der Waals surface area contributed by atoms with Crippen LogP contribution < -0.4 is 14.8 Å². The lowest BCUT2D eigenvalue weighted by Gasteiger charge is -2.16. The van der Waals surface area contributed by atoms with Gasteiger partial charge in [-0.2, -0.15) is 8.78 Å². The van der Waals surface area contributed by atoms with Gasteiger partial charge in [0.15, 0.2) is 12.7 Å². The summed E-state index contributed by atoms with van der Waals surface area (Å²) in [5.41, 5.74) is -0.149. The summed E-state index contributed by atoms with van der Waals surface area (Å²) in [5.74, 6) is -1.68. The quantitative estimate of drug-likeness (QED) is 0.383. The van der Waals surface area contributed by atoms with Gasteiger partial charge in [-0.25, -0.2) is 4.79 Å². The number of hydrogen-bond acceptors (Lipinski definition) is 7. The monoisotopic (exact) mass is 410 g/mol. The number of carbonyl (C=O) groups is 2. The highest BCUT2D eigenvalue weighted by Gasteiger charge is 2.20. The number of rotatable bonds is 9. The highest BCUT2D eigenvalue weighted by atomic mass is 19.3. The second-order valence-electron chi connectivity index (χ2n) is 5.54. The zero-order valence-electron chi connectivity index (χ0n) is 15.0. The maximum absolute atomic E-state index is 12.4. The van der Waals surface area contributed by atoms with Crippen LogP contribution >= 0.6 is 0 Å². The van der Waals surface area contributed by atoms with E-state index in [4.69, 9.17) is 9.47 Å². The maximum Gasteiger partial charge on any atom is 0.387 e. The second-order valence-corrected chi connectivity index (χ2v) is 5.54. The number of nitrogens with one attached hydrogen (secondary N) is 1. The number of halogens is 2. The van der Waals surface area contributed by atoms with Crippen molar-refractivity contribution in [1.82, 2.24) is 0 Å². The Morgan fingerprint density at radius 1 is 1.14 bits per heavy atom. The molecule has 0 heterocycles. The molecule has 1 N–H and O–H groups in total. The minimum atomic E-state index is -3.07. The van der Waals surface area contributed by atoms with Crippen LogP contribution in [-0.4, -0.2) is 36.1 Å². The normalized spacial score (nSPS) is 11.4. The molecule has 1 atom stereocenters. The zero-order chi connectivity index (χ0) is 21.4. The van der Waals surface area contributed by atoms with Gasteiger partial charge < -0.3 is 19.5 Å². The van der Waals surface area contributed by atoms with Gasteiger partial charge in [0.05, 0.1) is 10.6 Å². The van der Waals surface area contributed by atoms with Gasteiger partial charge in [-0.15, -0.1) is 0 Å². The Morgan fingerprint density at radius 2 is 1.79 bits per heavy atom. The van der Waals surface area contributed by atoms with E-state index < -0.39 is 36.1 Å². The molecule has 0 aromatic heterocycles. The van der Waals surface area contributed by atoms with Crippen molar-refractivity contribution in [3.05, 3.63) is 58.6 Å². The number of hydrogen-bond donors (Lipinski definition) is 1. The van der Waals surface area contributed by atoms with Crippen LogP contribution in [0.4, 0.5) is 20.2 Å². The molecule has 154 valence electrons. The molecule has 0 radical (unpaired) electrons. The first-order chi connectivity index (χ1) is 13.8. The molecule has 2 aromatic rings. The van der Waals surface area contributed by atoms with Gasteiger partial charge in [0.25, 0.3) is 11.6 Å². The van der Waals surface area contributed by atoms with Crippen molar-refractivity contribution in [2.24, 2.45) is 0 Å². The highest BCUT2D eigenvalue weighted by molar-refractivity contribution is 5.96. The number of anilines is 1. The van der Waals surface area contributed by atoms with Crippen molar-refractivity contribution in [2.75, 3.05) is 11.9 Å². The molecular formula is C18H16F2N2O7. The number of non-ortho nitro benzene ring substituents is 1. The fourth-order valence-electron chi connectivity index (χ4n) is 2.09. The number of nitro benzene ring substituents is 1. The highest BCUT2D eigenvalue weighted by Crippen LogP contribution is 2.25. The smallest absolute Gasteiger partial charge is 0.387 e. The molecule has 2 rings (SSSR count). The molecule has 0 unspecified atom stereocenters. The van der Waals surface area contributed by atoms with Crippen molar-refractivity contribution in [3.8, 4) is 11.5 Å². The van der Waals surface area contributed by atoms with Gasteiger partial charge in [0, 0.05) is 12.1 Å². The van der Waals surface area contributed by atoms with Gasteiger partial charge in [-0.05, 0) is 31.2 Å². The van der Waals surface area contributed by atoms with Gasteiger partial charge in [-0.3, -0.25) is 14.9 Å². The van der Waals surface area contributed by atoms with Crippen LogP contribution in [0.1, 0.15) is 6.92 Å². The molecule has 29 heavy (non-hydrogen) atoms. The summed E-state index contributed by atoms with van der Waals surface area (Å²) in [6.07, 6.45) is -1.25. The lowest BCUT2D eigenvalue weighted by Crippen LogP contribution is -2.31. The first-order valence-corrected chi connectivity index (χ1v) is 8.17. The number of carbonyl (C=O) groups excluding carboxylic acids is 2. The number of amides is 1. The van der Waals surface area contributed by atoms with Gasteiger partial charge in [0.2, 0.25) is 0 Å². The lowest BCUT2D eigenvalue weighted by atomic mass is 10.2. The Bertz CT molecular complexity index is 875. The van der Waals surface area contributed by atoms with E-state index in [1.165, 1.54) is 55.5 Å². The summed E-state index contributed by atoms with van der Waals surface area (Å²) in [4.78, 5) is 33.9. The number of alkyl halides is 2. The molecule has 9 nitrogen and oxygen atoms in total. The van der Waals surface area contributed by atoms with Gasteiger partial charge >= 0.3 is 12.6 Å². The van der Waals surface area contributed by atoms with Crippen LogP contribution in [0.25, 0.3) is 0 Å². The lowest BCUT2D eigenvalue weighted by molar-refractivity contribution is -0.384. The minimum absolute atomic E-state index is 0.0113. The predicted molar refractivity (Wildman–Crippen MR) is 95.8 cm³/mol. The Kier molecular flexibility index (Phi) is 7.40. The average Bonchev–Trinajstić information content (AvgIpc) is 2.67. The molecule has 0 bridgehead atoms. The van der Waals surface area contributed by atoms with Crippen molar-refractivity contribution in [3.63, 3.8) is 0 Å². The number of benzene rings is 2. The van der Waals surface area contributed by atoms with Crippen LogP contribution in [-0.2, 0) is 14.3 Å². The number of ether oxygens (including phenoxy) is 3. The summed E-state index contributed by atoms with van der Waals surface area (Å²) in [5, 5.41) is 12.9. The van der Waals surface area contributed by atoms with Gasteiger partial charge in [-0.1, -0.05) is 12.1 Å². The van der Waals surface area contributed by atoms with E-state index in [0.717, 1.165) is 0 Å². The Balaban J connectivity index is 1.86. The molecule has 0 aliphatic rings. The minimum Gasteiger partial charge on any atom is -0.482 e. The largest absolute Gasteiger partial charge is 0.482 e. The molecule has 11 heteroatoms. The van der Waals surface area contributed by atoms with Crippen LogP contribution in [0.2, 0.25) is 0 Å². The molecule has 0 fully saturated rings. The zero-order valence-corrected chi connectivity index (χ0v) is 15.0. The molecule has 0 aliphatic heterocycles. The molecule has 2 aromatic carbocycles. The molecule has 0 saturated carbocycles. The van der Waals surface area contributed by atoms with Crippen LogP contribution in [0.15, 0.2) is 48.5 Å². The fourth-order valence-corrected chi connectivity index (χ4v) is 2.09. The number of nitro groups is 1. The van der Waals surface area contributed by atoms with E-state index in [0.29, 0.717) is 0 Å². The number of esters is 1. The molecule has 0 saturated heterocycles. The van der Waals surface area contributed by atoms with E-state index >= 15 is 0 Å². The van der Waals surface area contributed by atoms with Gasteiger partial charge in [0.1, 0.15) is 11.5 Å². The maximum atomic E-state index is 12.4. The average molecular weight is 410 g/mol. The third-order valence-electron chi connectivity index (χ3n) is 3.44. The summed E-state index contributed by atoms with van der Waals surface area (Å²) < 4.78 is 39.2. The van der Waals surface area contributed by atoms with E-state index in [1.54, 1.807) is 0 Å². The van der Waals surface area contributed by atoms with E-state index in [2.05, 4.69) is 10.1 Å². The Labute approximate surface area is 163 Å². The van der Waals surface area contributed by atoms with Crippen molar-refractivity contribution in [2.45, 2.75) is 19.6 Å². The summed E-state index contributed by atoms with van der Waals surface area (Å²) in [7, 11) is 0. The topological polar surface area (TPSA) is 117 Å². The Morgan fingerprint density at radius 3 is 2.41 bits per heavy atom. The van der Waals surface area contributed by atoms with E-state index in [9.17, 15) is 28.5 Å². The second kappa shape index (κ2) is 9.97. The first kappa shape index (κ1) is 21.5. The number of para-hydroxylation sites is 2. The molecule has 0 aliphatic carbocycles. The molecule has 1 amide bonds. The van der Waals surface area contributed by atoms with Crippen LogP contribution in [0.3, 0.4) is 0 Å². The third kappa shape index (κ3) is 6.72. The molecular weight excluding hydrogens is 394 g/mol. The Hall–Kier alpha value is -3.76. The van der Waals surface area contributed by atoms with E-state index in [1.807, 2.05) is 0 Å².